The second-order valence-electron chi connectivity index (χ2n) is 3.52. The zero-order chi connectivity index (χ0) is 11.0. The molecule has 1 saturated heterocycles. The molecule has 0 N–H and O–H groups in total. The first kappa shape index (κ1) is 10.6. The highest BCUT2D eigenvalue weighted by Gasteiger charge is 2.43. The van der Waals surface area contributed by atoms with E-state index in [1.807, 2.05) is 6.92 Å². The minimum absolute atomic E-state index is 0.0485. The summed E-state index contributed by atoms with van der Waals surface area (Å²) in [4.78, 5) is 2.30. The smallest absolute Gasteiger partial charge is 0.189 e. The number of hydrogen-bond donors (Lipinski definition) is 0. The molecular formula is C11H13NO2S. The molecule has 15 heavy (non-hydrogen) atoms. The second kappa shape index (κ2) is 3.93. The molecule has 2 rings (SSSR count). The summed E-state index contributed by atoms with van der Waals surface area (Å²) >= 11 is 1.67. The number of nitrogens with zero attached hydrogens (tertiary/aromatic N) is 1. The molecule has 1 aromatic heterocycles. The van der Waals surface area contributed by atoms with E-state index in [4.69, 9.17) is 14.7 Å². The lowest BCUT2D eigenvalue weighted by Gasteiger charge is -1.92. The van der Waals surface area contributed by atoms with Crippen LogP contribution in [0.4, 0.5) is 0 Å². The summed E-state index contributed by atoms with van der Waals surface area (Å²) in [5.41, 5.74) is 1.88. The van der Waals surface area contributed by atoms with Crippen molar-refractivity contribution < 1.29 is 9.47 Å². The molecule has 0 saturated carbocycles. The van der Waals surface area contributed by atoms with Gasteiger partial charge < -0.3 is 9.47 Å². The molecule has 0 bridgehead atoms. The fourth-order valence-electron chi connectivity index (χ4n) is 1.72. The van der Waals surface area contributed by atoms with Crippen LogP contribution in [0.25, 0.3) is 0 Å². The minimum atomic E-state index is -0.112. The topological polar surface area (TPSA) is 45.5 Å². The predicted molar refractivity (Wildman–Crippen MR) is 57.8 cm³/mol. The van der Waals surface area contributed by atoms with E-state index >= 15 is 0 Å². The van der Waals surface area contributed by atoms with Gasteiger partial charge in [-0.05, 0) is 18.9 Å². The third kappa shape index (κ3) is 1.67. The lowest BCUT2D eigenvalue weighted by Crippen LogP contribution is -1.90. The molecule has 1 aliphatic rings. The van der Waals surface area contributed by atoms with Crippen LogP contribution in [0.1, 0.15) is 33.9 Å². The monoisotopic (exact) mass is 223 g/mol. The molecule has 1 aliphatic heterocycles. The molecule has 0 amide bonds. The Morgan fingerprint density at radius 2 is 2.33 bits per heavy atom. The SMILES string of the molecule is CCc1sc(C2OC2OC)c(C)c1C#N. The van der Waals surface area contributed by atoms with Crippen molar-refractivity contribution >= 4 is 11.3 Å². The van der Waals surface area contributed by atoms with E-state index in [9.17, 15) is 0 Å². The maximum atomic E-state index is 9.05. The van der Waals surface area contributed by atoms with Gasteiger partial charge in [0.05, 0.1) is 5.56 Å². The second-order valence-corrected chi connectivity index (χ2v) is 4.65. The summed E-state index contributed by atoms with van der Waals surface area (Å²) in [5.74, 6) is 0. The zero-order valence-electron chi connectivity index (χ0n) is 9.03. The number of nitriles is 1. The largest absolute Gasteiger partial charge is 0.353 e. The summed E-state index contributed by atoms with van der Waals surface area (Å²) in [6, 6.07) is 2.26. The van der Waals surface area contributed by atoms with Crippen LogP contribution in [-0.2, 0) is 15.9 Å². The third-order valence-electron chi connectivity index (χ3n) is 2.63. The van der Waals surface area contributed by atoms with E-state index < -0.39 is 0 Å². The first-order chi connectivity index (χ1) is 7.22. The molecule has 80 valence electrons. The molecule has 2 unspecified atom stereocenters. The number of aryl methyl sites for hydroxylation is 1. The standard InChI is InChI=1S/C11H13NO2S/c1-4-8-7(5-12)6(2)10(15-8)9-11(13-3)14-9/h9,11H,4H2,1-3H3. The van der Waals surface area contributed by atoms with Crippen molar-refractivity contribution in [2.75, 3.05) is 7.11 Å². The van der Waals surface area contributed by atoms with Crippen LogP contribution in [0.15, 0.2) is 0 Å². The Bertz CT molecular complexity index is 419. The van der Waals surface area contributed by atoms with E-state index in [0.29, 0.717) is 0 Å². The molecule has 1 fully saturated rings. The van der Waals surface area contributed by atoms with Gasteiger partial charge >= 0.3 is 0 Å². The van der Waals surface area contributed by atoms with E-state index in [2.05, 4.69) is 13.0 Å². The average Bonchev–Trinajstić information content (AvgIpc) is 2.96. The predicted octanol–water partition coefficient (Wildman–Crippen LogP) is 2.53. The average molecular weight is 223 g/mol. The Morgan fingerprint density at radius 3 is 2.73 bits per heavy atom. The van der Waals surface area contributed by atoms with Gasteiger partial charge in [0.1, 0.15) is 12.2 Å². The van der Waals surface area contributed by atoms with Crippen LogP contribution >= 0.6 is 11.3 Å². The van der Waals surface area contributed by atoms with Crippen molar-refractivity contribution in [2.45, 2.75) is 32.7 Å². The molecule has 2 heterocycles. The van der Waals surface area contributed by atoms with Crippen molar-refractivity contribution in [1.82, 2.24) is 0 Å². The van der Waals surface area contributed by atoms with Gasteiger partial charge in [0.2, 0.25) is 0 Å². The lowest BCUT2D eigenvalue weighted by molar-refractivity contribution is 0.0950. The molecule has 0 aliphatic carbocycles. The molecular weight excluding hydrogens is 210 g/mol. The van der Waals surface area contributed by atoms with Crippen molar-refractivity contribution in [1.29, 1.82) is 5.26 Å². The molecule has 0 aromatic carbocycles. The van der Waals surface area contributed by atoms with Gasteiger partial charge in [0.25, 0.3) is 0 Å². The molecule has 4 heteroatoms. The highest BCUT2D eigenvalue weighted by molar-refractivity contribution is 7.12. The van der Waals surface area contributed by atoms with Crippen molar-refractivity contribution in [3.8, 4) is 6.07 Å². The maximum absolute atomic E-state index is 9.05. The Labute approximate surface area is 93.2 Å². The summed E-state index contributed by atoms with van der Waals surface area (Å²) in [6.45, 7) is 4.05. The van der Waals surface area contributed by atoms with E-state index in [1.165, 1.54) is 0 Å². The van der Waals surface area contributed by atoms with Crippen molar-refractivity contribution in [3.63, 3.8) is 0 Å². The van der Waals surface area contributed by atoms with Crippen LogP contribution in [0, 0.1) is 18.3 Å². The summed E-state index contributed by atoms with van der Waals surface area (Å²) in [7, 11) is 1.64. The number of ether oxygens (including phenoxy) is 2. The Morgan fingerprint density at radius 1 is 1.60 bits per heavy atom. The van der Waals surface area contributed by atoms with Crippen LogP contribution in [0.5, 0.6) is 0 Å². The number of methoxy groups -OCH3 is 1. The van der Waals surface area contributed by atoms with Gasteiger partial charge in [0.15, 0.2) is 6.29 Å². The van der Waals surface area contributed by atoms with Crippen molar-refractivity contribution in [3.05, 3.63) is 20.9 Å². The molecule has 3 nitrogen and oxygen atoms in total. The molecule has 1 aromatic rings. The number of hydrogen-bond acceptors (Lipinski definition) is 4. The van der Waals surface area contributed by atoms with Gasteiger partial charge in [0, 0.05) is 16.9 Å². The quantitative estimate of drug-likeness (QED) is 0.740. The number of rotatable bonds is 3. The molecule has 0 radical (unpaired) electrons. The van der Waals surface area contributed by atoms with Crippen LogP contribution in [0.3, 0.4) is 0 Å². The number of epoxide rings is 1. The highest BCUT2D eigenvalue weighted by Crippen LogP contribution is 2.45. The Kier molecular flexibility index (Phi) is 2.79. The number of thiophene rings is 1. The summed E-state index contributed by atoms with van der Waals surface area (Å²) < 4.78 is 10.5. The molecule has 0 spiro atoms. The van der Waals surface area contributed by atoms with Gasteiger partial charge in [-0.3, -0.25) is 0 Å². The van der Waals surface area contributed by atoms with Crippen LogP contribution in [-0.4, -0.2) is 13.4 Å². The van der Waals surface area contributed by atoms with E-state index in [0.717, 1.165) is 27.3 Å². The molecule has 2 atom stereocenters. The highest BCUT2D eigenvalue weighted by atomic mass is 32.1. The van der Waals surface area contributed by atoms with Crippen LogP contribution < -0.4 is 0 Å². The van der Waals surface area contributed by atoms with Gasteiger partial charge in [-0.15, -0.1) is 11.3 Å². The fraction of sp³-hybridized carbons (Fsp3) is 0.545. The normalized spacial score (nSPS) is 23.9. The Balaban J connectivity index is 2.34. The van der Waals surface area contributed by atoms with Gasteiger partial charge in [-0.2, -0.15) is 5.26 Å². The van der Waals surface area contributed by atoms with E-state index in [-0.39, 0.29) is 12.4 Å². The van der Waals surface area contributed by atoms with Crippen molar-refractivity contribution in [2.24, 2.45) is 0 Å². The minimum Gasteiger partial charge on any atom is -0.353 e. The summed E-state index contributed by atoms with van der Waals surface area (Å²) in [6.07, 6.45) is 0.838. The first-order valence-corrected chi connectivity index (χ1v) is 5.75. The van der Waals surface area contributed by atoms with Gasteiger partial charge in [-0.1, -0.05) is 6.92 Å². The van der Waals surface area contributed by atoms with Gasteiger partial charge in [-0.25, -0.2) is 0 Å². The maximum Gasteiger partial charge on any atom is 0.189 e. The zero-order valence-corrected chi connectivity index (χ0v) is 9.85. The Hall–Kier alpha value is -0.890. The third-order valence-corrected chi connectivity index (χ3v) is 4.13. The van der Waals surface area contributed by atoms with E-state index in [1.54, 1.807) is 18.4 Å². The first-order valence-electron chi connectivity index (χ1n) is 4.93. The summed E-state index contributed by atoms with van der Waals surface area (Å²) in [5, 5.41) is 9.05. The fourth-order valence-corrected chi connectivity index (χ4v) is 2.97. The lowest BCUT2D eigenvalue weighted by atomic mass is 10.1. The van der Waals surface area contributed by atoms with Crippen LogP contribution in [0.2, 0.25) is 0 Å².